The lowest BCUT2D eigenvalue weighted by Crippen LogP contribution is -2.44. The first kappa shape index (κ1) is 20.0. The first-order chi connectivity index (χ1) is 14.5. The van der Waals surface area contributed by atoms with Crippen LogP contribution in [0, 0.1) is 6.92 Å². The normalized spacial score (nSPS) is 11.6. The fourth-order valence-electron chi connectivity index (χ4n) is 2.84. The number of carbonyl (C=O) groups is 3. The number of esters is 1. The van der Waals surface area contributed by atoms with Crippen LogP contribution in [0.5, 0.6) is 5.75 Å². The number of carbonyl (C=O) groups excluding carboxylic acids is 3. The molecule has 0 unspecified atom stereocenters. The molecule has 0 saturated heterocycles. The van der Waals surface area contributed by atoms with E-state index in [4.69, 9.17) is 9.47 Å². The molecule has 0 bridgehead atoms. The van der Waals surface area contributed by atoms with Crippen molar-refractivity contribution in [2.75, 3.05) is 6.61 Å². The highest BCUT2D eigenvalue weighted by atomic mass is 32.1. The lowest BCUT2D eigenvalue weighted by atomic mass is 10.1. The van der Waals surface area contributed by atoms with Crippen LogP contribution in [0.15, 0.2) is 35.7 Å². The zero-order valence-corrected chi connectivity index (χ0v) is 17.5. The van der Waals surface area contributed by atoms with Crippen LogP contribution in [0.25, 0.3) is 10.4 Å². The summed E-state index contributed by atoms with van der Waals surface area (Å²) in [6.07, 6.45) is 0.0584. The third kappa shape index (κ3) is 4.50. The van der Waals surface area contributed by atoms with Crippen molar-refractivity contribution in [2.24, 2.45) is 0 Å². The number of rotatable bonds is 5. The van der Waals surface area contributed by atoms with E-state index >= 15 is 0 Å². The summed E-state index contributed by atoms with van der Waals surface area (Å²) in [5, 5.41) is 2.49. The van der Waals surface area contributed by atoms with E-state index in [2.05, 4.69) is 15.8 Å². The molecule has 1 aromatic carbocycles. The quantitative estimate of drug-likeness (QED) is 0.464. The van der Waals surface area contributed by atoms with Crippen molar-refractivity contribution >= 4 is 40.5 Å². The molecule has 3 heterocycles. The summed E-state index contributed by atoms with van der Waals surface area (Å²) >= 11 is 2.67. The van der Waals surface area contributed by atoms with Crippen molar-refractivity contribution in [1.29, 1.82) is 0 Å². The lowest BCUT2D eigenvalue weighted by molar-refractivity contribution is -0.130. The Morgan fingerprint density at radius 2 is 2.00 bits per heavy atom. The number of aromatic nitrogens is 1. The molecule has 2 aromatic heterocycles. The van der Waals surface area contributed by atoms with Gasteiger partial charge in [0, 0.05) is 27.1 Å². The van der Waals surface area contributed by atoms with Crippen molar-refractivity contribution in [2.45, 2.75) is 20.0 Å². The molecule has 8 nitrogen and oxygen atoms in total. The van der Waals surface area contributed by atoms with E-state index < -0.39 is 24.4 Å². The largest absolute Gasteiger partial charge is 0.488 e. The number of benzene rings is 1. The molecule has 10 heteroatoms. The van der Waals surface area contributed by atoms with Gasteiger partial charge in [-0.05, 0) is 25.1 Å². The molecule has 0 saturated carbocycles. The van der Waals surface area contributed by atoms with E-state index in [1.807, 2.05) is 36.6 Å². The Balaban J connectivity index is 1.27. The number of thiophene rings is 1. The Labute approximate surface area is 179 Å². The van der Waals surface area contributed by atoms with Crippen molar-refractivity contribution in [1.82, 2.24) is 15.8 Å². The van der Waals surface area contributed by atoms with Gasteiger partial charge in [0.05, 0.1) is 6.42 Å². The highest BCUT2D eigenvalue weighted by molar-refractivity contribution is 7.17. The summed E-state index contributed by atoms with van der Waals surface area (Å²) in [5.74, 6) is -0.878. The topological polar surface area (TPSA) is 107 Å². The molecule has 4 rings (SSSR count). The number of fused-ring (bicyclic) bond motifs is 3. The number of amides is 2. The summed E-state index contributed by atoms with van der Waals surface area (Å²) < 4.78 is 10.8. The Morgan fingerprint density at radius 3 is 2.80 bits per heavy atom. The molecular weight excluding hydrogens is 426 g/mol. The molecule has 0 fully saturated rings. The summed E-state index contributed by atoms with van der Waals surface area (Å²) in [7, 11) is 0. The number of nitrogens with one attached hydrogen (secondary N) is 2. The molecule has 0 aliphatic carbocycles. The average Bonchev–Trinajstić information content (AvgIpc) is 3.36. The average molecular weight is 444 g/mol. The van der Waals surface area contributed by atoms with Crippen molar-refractivity contribution in [3.8, 4) is 16.2 Å². The van der Waals surface area contributed by atoms with Crippen LogP contribution in [-0.4, -0.2) is 29.4 Å². The summed E-state index contributed by atoms with van der Waals surface area (Å²) in [5.41, 5.74) is 7.17. The lowest BCUT2D eigenvalue weighted by Gasteiger charge is -2.16. The standard InChI is InChI=1S/C20H17N3O5S2/c1-11-10-29-18(21-11)7-16(24)22-23-17(25)9-28-20(26)15-6-12-8-27-14-5-3-2-4-13(14)19(12)30-15/h2-6,10H,7-9H2,1H3,(H,22,24)(H,23,25). The number of ether oxygens (including phenoxy) is 2. The van der Waals surface area contributed by atoms with Gasteiger partial charge in [-0.1, -0.05) is 12.1 Å². The molecule has 154 valence electrons. The molecule has 3 aromatic rings. The number of hydrogen-bond donors (Lipinski definition) is 2. The van der Waals surface area contributed by atoms with Gasteiger partial charge < -0.3 is 9.47 Å². The minimum atomic E-state index is -0.637. The molecule has 2 amide bonds. The second-order valence-corrected chi connectivity index (χ2v) is 8.48. The molecule has 1 aliphatic heterocycles. The summed E-state index contributed by atoms with van der Waals surface area (Å²) in [6.45, 7) is 1.70. The van der Waals surface area contributed by atoms with E-state index in [-0.39, 0.29) is 6.42 Å². The molecular formula is C20H17N3O5S2. The maximum atomic E-state index is 12.3. The van der Waals surface area contributed by atoms with Gasteiger partial charge in [-0.2, -0.15) is 0 Å². The predicted octanol–water partition coefficient (Wildman–Crippen LogP) is 2.62. The molecule has 0 spiro atoms. The zero-order valence-electron chi connectivity index (χ0n) is 15.9. The van der Waals surface area contributed by atoms with E-state index in [1.165, 1.54) is 22.7 Å². The van der Waals surface area contributed by atoms with E-state index in [0.717, 1.165) is 27.4 Å². The highest BCUT2D eigenvalue weighted by Gasteiger charge is 2.23. The first-order valence-corrected chi connectivity index (χ1v) is 10.7. The second kappa shape index (κ2) is 8.64. The molecule has 2 N–H and O–H groups in total. The van der Waals surface area contributed by atoms with Gasteiger partial charge in [0.15, 0.2) is 6.61 Å². The van der Waals surface area contributed by atoms with E-state index in [1.54, 1.807) is 6.07 Å². The first-order valence-electron chi connectivity index (χ1n) is 9.00. The third-order valence-electron chi connectivity index (χ3n) is 4.18. The molecule has 0 radical (unpaired) electrons. The smallest absolute Gasteiger partial charge is 0.348 e. The zero-order chi connectivity index (χ0) is 21.1. The monoisotopic (exact) mass is 443 g/mol. The van der Waals surface area contributed by atoms with Gasteiger partial charge in [-0.15, -0.1) is 22.7 Å². The van der Waals surface area contributed by atoms with Gasteiger partial charge in [0.1, 0.15) is 22.2 Å². The highest BCUT2D eigenvalue weighted by Crippen LogP contribution is 2.42. The number of thiazole rings is 1. The van der Waals surface area contributed by atoms with Gasteiger partial charge in [0.2, 0.25) is 5.91 Å². The fraction of sp³-hybridized carbons (Fsp3) is 0.200. The Kier molecular flexibility index (Phi) is 5.77. The van der Waals surface area contributed by atoms with Crippen LogP contribution in [0.4, 0.5) is 0 Å². The van der Waals surface area contributed by atoms with Crippen LogP contribution in [-0.2, 0) is 27.4 Å². The van der Waals surface area contributed by atoms with Crippen molar-refractivity contribution < 1.29 is 23.9 Å². The van der Waals surface area contributed by atoms with E-state index in [0.29, 0.717) is 16.5 Å². The number of para-hydroxylation sites is 1. The Morgan fingerprint density at radius 1 is 1.20 bits per heavy atom. The summed E-state index contributed by atoms with van der Waals surface area (Å²) in [4.78, 5) is 41.5. The third-order valence-corrected chi connectivity index (χ3v) is 6.34. The number of hydrogen-bond acceptors (Lipinski definition) is 8. The number of nitrogens with zero attached hydrogens (tertiary/aromatic N) is 1. The Hall–Kier alpha value is -3.24. The SMILES string of the molecule is Cc1csc(CC(=O)NNC(=O)COC(=O)c2cc3c(s2)-c2ccccc2OC3)n1. The Bertz CT molecular complexity index is 1120. The van der Waals surface area contributed by atoms with Gasteiger partial charge in [0.25, 0.3) is 5.91 Å². The predicted molar refractivity (Wildman–Crippen MR) is 111 cm³/mol. The van der Waals surface area contributed by atoms with Gasteiger partial charge >= 0.3 is 5.97 Å². The number of hydrazine groups is 1. The molecule has 1 aliphatic rings. The van der Waals surface area contributed by atoms with Gasteiger partial charge in [-0.3, -0.25) is 20.4 Å². The van der Waals surface area contributed by atoms with Crippen molar-refractivity contribution in [3.63, 3.8) is 0 Å². The minimum Gasteiger partial charge on any atom is -0.488 e. The maximum Gasteiger partial charge on any atom is 0.348 e. The van der Waals surface area contributed by atoms with Crippen LogP contribution in [0.3, 0.4) is 0 Å². The van der Waals surface area contributed by atoms with Gasteiger partial charge in [-0.25, -0.2) is 9.78 Å². The summed E-state index contributed by atoms with van der Waals surface area (Å²) in [6, 6.07) is 9.33. The van der Waals surface area contributed by atoms with Crippen molar-refractivity contribution in [3.05, 3.63) is 56.9 Å². The van der Waals surface area contributed by atoms with E-state index in [9.17, 15) is 14.4 Å². The second-order valence-electron chi connectivity index (χ2n) is 6.48. The van der Waals surface area contributed by atoms with Crippen LogP contribution < -0.4 is 15.6 Å². The van der Waals surface area contributed by atoms with Crippen LogP contribution in [0.1, 0.15) is 25.9 Å². The van der Waals surface area contributed by atoms with Crippen LogP contribution in [0.2, 0.25) is 0 Å². The maximum absolute atomic E-state index is 12.3. The number of aryl methyl sites for hydroxylation is 1. The fourth-order valence-corrected chi connectivity index (χ4v) is 4.70. The van der Waals surface area contributed by atoms with Crippen LogP contribution >= 0.6 is 22.7 Å². The molecule has 30 heavy (non-hydrogen) atoms. The molecule has 0 atom stereocenters. The minimum absolute atomic E-state index is 0.0584.